The summed E-state index contributed by atoms with van der Waals surface area (Å²) in [5, 5.41) is 0. The minimum atomic E-state index is 0.692. The number of rotatable bonds is 5. The quantitative estimate of drug-likeness (QED) is 0.454. The summed E-state index contributed by atoms with van der Waals surface area (Å²) < 4.78 is 0. The van der Waals surface area contributed by atoms with E-state index in [9.17, 15) is 0 Å². The Labute approximate surface area is 159 Å². The molecule has 0 spiro atoms. The van der Waals surface area contributed by atoms with Gasteiger partial charge in [-0.3, -0.25) is 0 Å². The number of benzene rings is 3. The summed E-state index contributed by atoms with van der Waals surface area (Å²) in [4.78, 5) is 14.2. The zero-order valence-electron chi connectivity index (χ0n) is 15.3. The zero-order chi connectivity index (χ0) is 18.5. The van der Waals surface area contributed by atoms with Crippen molar-refractivity contribution in [2.45, 2.75) is 19.8 Å². The van der Waals surface area contributed by atoms with Gasteiger partial charge in [0, 0.05) is 16.7 Å². The fraction of sp³-hybridized carbons (Fsp3) is 0.125. The molecule has 4 rings (SSSR count). The van der Waals surface area contributed by atoms with Crippen LogP contribution in [0.15, 0.2) is 84.9 Å². The molecule has 3 nitrogen and oxygen atoms in total. The first kappa shape index (κ1) is 17.1. The molecule has 132 valence electrons. The molecule has 0 N–H and O–H groups in total. The van der Waals surface area contributed by atoms with Crippen molar-refractivity contribution in [2.24, 2.45) is 0 Å². The maximum atomic E-state index is 4.75. The molecule has 1 aromatic heterocycles. The van der Waals surface area contributed by atoms with Crippen molar-refractivity contribution < 1.29 is 0 Å². The molecule has 0 aliphatic rings. The Morgan fingerprint density at radius 3 is 1.33 bits per heavy atom. The molecule has 0 atom stereocenters. The van der Waals surface area contributed by atoms with Crippen LogP contribution in [-0.4, -0.2) is 15.0 Å². The largest absolute Gasteiger partial charge is 0.208 e. The third-order valence-electron chi connectivity index (χ3n) is 4.45. The van der Waals surface area contributed by atoms with E-state index in [-0.39, 0.29) is 0 Å². The molecule has 0 radical (unpaired) electrons. The van der Waals surface area contributed by atoms with Gasteiger partial charge in [-0.15, -0.1) is 0 Å². The lowest BCUT2D eigenvalue weighted by atomic mass is 10.1. The number of hydrogen-bond donors (Lipinski definition) is 0. The topological polar surface area (TPSA) is 38.7 Å². The van der Waals surface area contributed by atoms with Gasteiger partial charge in [-0.1, -0.05) is 98.3 Å². The molecule has 0 saturated carbocycles. The molecule has 0 bridgehead atoms. The average Bonchev–Trinajstić information content (AvgIpc) is 2.75. The second kappa shape index (κ2) is 7.92. The minimum absolute atomic E-state index is 0.692. The summed E-state index contributed by atoms with van der Waals surface area (Å²) >= 11 is 0. The SMILES string of the molecule is CCCc1ccc(-c2nc(-c3ccccc3)nc(-c3ccccc3)n2)cc1. The van der Waals surface area contributed by atoms with E-state index in [4.69, 9.17) is 15.0 Å². The van der Waals surface area contributed by atoms with Crippen LogP contribution in [0.3, 0.4) is 0 Å². The van der Waals surface area contributed by atoms with Gasteiger partial charge < -0.3 is 0 Å². The van der Waals surface area contributed by atoms with E-state index in [1.807, 2.05) is 60.7 Å². The second-order valence-electron chi connectivity index (χ2n) is 6.49. The number of aryl methyl sites for hydroxylation is 1. The monoisotopic (exact) mass is 351 g/mol. The van der Waals surface area contributed by atoms with Gasteiger partial charge in [0.15, 0.2) is 17.5 Å². The van der Waals surface area contributed by atoms with Crippen molar-refractivity contribution in [3.8, 4) is 34.2 Å². The smallest absolute Gasteiger partial charge is 0.164 e. The van der Waals surface area contributed by atoms with Crippen molar-refractivity contribution in [1.82, 2.24) is 15.0 Å². The maximum absolute atomic E-state index is 4.75. The summed E-state index contributed by atoms with van der Waals surface area (Å²) in [5.41, 5.74) is 4.32. The molecule has 0 aliphatic carbocycles. The predicted octanol–water partition coefficient (Wildman–Crippen LogP) is 5.83. The Bertz CT molecular complexity index is 953. The lowest BCUT2D eigenvalue weighted by molar-refractivity contribution is 0.922. The molecule has 27 heavy (non-hydrogen) atoms. The lowest BCUT2D eigenvalue weighted by Gasteiger charge is -2.08. The van der Waals surface area contributed by atoms with E-state index in [1.165, 1.54) is 5.56 Å². The van der Waals surface area contributed by atoms with Gasteiger partial charge in [-0.05, 0) is 12.0 Å². The highest BCUT2D eigenvalue weighted by atomic mass is 15.0. The fourth-order valence-electron chi connectivity index (χ4n) is 3.05. The van der Waals surface area contributed by atoms with Crippen molar-refractivity contribution in [1.29, 1.82) is 0 Å². The van der Waals surface area contributed by atoms with Crippen LogP contribution in [-0.2, 0) is 6.42 Å². The Balaban J connectivity index is 1.83. The molecule has 0 saturated heterocycles. The van der Waals surface area contributed by atoms with E-state index >= 15 is 0 Å². The van der Waals surface area contributed by atoms with Crippen molar-refractivity contribution in [3.05, 3.63) is 90.5 Å². The van der Waals surface area contributed by atoms with Gasteiger partial charge in [0.1, 0.15) is 0 Å². The van der Waals surface area contributed by atoms with Gasteiger partial charge in [0.25, 0.3) is 0 Å². The second-order valence-corrected chi connectivity index (χ2v) is 6.49. The zero-order valence-corrected chi connectivity index (χ0v) is 15.3. The van der Waals surface area contributed by atoms with Crippen molar-refractivity contribution in [3.63, 3.8) is 0 Å². The van der Waals surface area contributed by atoms with E-state index in [0.29, 0.717) is 17.5 Å². The highest BCUT2D eigenvalue weighted by Gasteiger charge is 2.11. The molecular formula is C24H21N3. The van der Waals surface area contributed by atoms with E-state index in [0.717, 1.165) is 29.5 Å². The van der Waals surface area contributed by atoms with Crippen LogP contribution < -0.4 is 0 Å². The van der Waals surface area contributed by atoms with Crippen LogP contribution in [0.2, 0.25) is 0 Å². The highest BCUT2D eigenvalue weighted by Crippen LogP contribution is 2.24. The molecule has 4 aromatic rings. The normalized spacial score (nSPS) is 10.7. The Kier molecular flexibility index (Phi) is 5.01. The summed E-state index contributed by atoms with van der Waals surface area (Å²) in [6, 6.07) is 28.6. The first-order chi connectivity index (χ1) is 13.3. The maximum Gasteiger partial charge on any atom is 0.164 e. The molecule has 0 amide bonds. The van der Waals surface area contributed by atoms with E-state index in [1.54, 1.807) is 0 Å². The van der Waals surface area contributed by atoms with Gasteiger partial charge >= 0.3 is 0 Å². The van der Waals surface area contributed by atoms with Gasteiger partial charge in [0.05, 0.1) is 0 Å². The van der Waals surface area contributed by atoms with Gasteiger partial charge in [-0.25, -0.2) is 15.0 Å². The van der Waals surface area contributed by atoms with Crippen LogP contribution in [0.1, 0.15) is 18.9 Å². The summed E-state index contributed by atoms with van der Waals surface area (Å²) in [6.07, 6.45) is 2.23. The molecule has 0 unspecified atom stereocenters. The van der Waals surface area contributed by atoms with E-state index in [2.05, 4.69) is 31.2 Å². The van der Waals surface area contributed by atoms with Crippen molar-refractivity contribution in [2.75, 3.05) is 0 Å². The van der Waals surface area contributed by atoms with Crippen LogP contribution in [0.5, 0.6) is 0 Å². The first-order valence-corrected chi connectivity index (χ1v) is 9.30. The standard InChI is InChI=1S/C24H21N3/c1-2-9-18-14-16-21(17-15-18)24-26-22(19-10-5-3-6-11-19)25-23(27-24)20-12-7-4-8-13-20/h3-8,10-17H,2,9H2,1H3. The Morgan fingerprint density at radius 1 is 0.519 bits per heavy atom. The van der Waals surface area contributed by atoms with E-state index < -0.39 is 0 Å². The van der Waals surface area contributed by atoms with Crippen LogP contribution >= 0.6 is 0 Å². The molecular weight excluding hydrogens is 330 g/mol. The third kappa shape index (κ3) is 3.93. The molecule has 1 heterocycles. The van der Waals surface area contributed by atoms with Crippen LogP contribution in [0.25, 0.3) is 34.2 Å². The summed E-state index contributed by atoms with van der Waals surface area (Å²) in [5.74, 6) is 2.08. The van der Waals surface area contributed by atoms with Gasteiger partial charge in [0.2, 0.25) is 0 Å². The van der Waals surface area contributed by atoms with Crippen molar-refractivity contribution >= 4 is 0 Å². The number of aromatic nitrogens is 3. The first-order valence-electron chi connectivity index (χ1n) is 9.30. The summed E-state index contributed by atoms with van der Waals surface area (Å²) in [7, 11) is 0. The average molecular weight is 351 g/mol. The molecule has 3 heteroatoms. The molecule has 3 aromatic carbocycles. The predicted molar refractivity (Wildman–Crippen MR) is 110 cm³/mol. The molecule has 0 aliphatic heterocycles. The molecule has 0 fully saturated rings. The Hall–Kier alpha value is -3.33. The van der Waals surface area contributed by atoms with Crippen LogP contribution in [0, 0.1) is 0 Å². The minimum Gasteiger partial charge on any atom is -0.208 e. The third-order valence-corrected chi connectivity index (χ3v) is 4.45. The Morgan fingerprint density at radius 2 is 0.926 bits per heavy atom. The summed E-state index contributed by atoms with van der Waals surface area (Å²) in [6.45, 7) is 2.19. The van der Waals surface area contributed by atoms with Gasteiger partial charge in [-0.2, -0.15) is 0 Å². The lowest BCUT2D eigenvalue weighted by Crippen LogP contribution is -2.00. The van der Waals surface area contributed by atoms with Crippen LogP contribution in [0.4, 0.5) is 0 Å². The fourth-order valence-corrected chi connectivity index (χ4v) is 3.05. The highest BCUT2D eigenvalue weighted by molar-refractivity contribution is 5.66. The number of hydrogen-bond acceptors (Lipinski definition) is 3. The number of nitrogens with zero attached hydrogens (tertiary/aromatic N) is 3.